The molecule has 0 bridgehead atoms. The summed E-state index contributed by atoms with van der Waals surface area (Å²) >= 11 is 4.25. The zero-order valence-corrected chi connectivity index (χ0v) is 16.8. The number of carbonyl (C=O) groups is 3. The van der Waals surface area contributed by atoms with Crippen molar-refractivity contribution < 1.29 is 19.1 Å². The monoisotopic (exact) mass is 438 g/mol. The van der Waals surface area contributed by atoms with E-state index in [0.29, 0.717) is 35.9 Å². The van der Waals surface area contributed by atoms with E-state index in [-0.39, 0.29) is 12.5 Å². The maximum absolute atomic E-state index is 12.6. The number of carbonyl (C=O) groups excluding carboxylic acids is 3. The largest absolute Gasteiger partial charge is 0.493 e. The average Bonchev–Trinajstić information content (AvgIpc) is 3.22. The van der Waals surface area contributed by atoms with Crippen LogP contribution >= 0.6 is 27.7 Å². The zero-order valence-electron chi connectivity index (χ0n) is 14.4. The van der Waals surface area contributed by atoms with Gasteiger partial charge in [0.1, 0.15) is 12.3 Å². The predicted octanol–water partition coefficient (Wildman–Crippen LogP) is 3.51. The summed E-state index contributed by atoms with van der Waals surface area (Å²) in [6.07, 6.45) is 3.58. The van der Waals surface area contributed by atoms with Crippen molar-refractivity contribution in [1.29, 1.82) is 0 Å². The molecule has 1 aromatic rings. The van der Waals surface area contributed by atoms with Gasteiger partial charge in [-0.3, -0.25) is 19.3 Å². The summed E-state index contributed by atoms with van der Waals surface area (Å²) in [6.45, 7) is 3.57. The van der Waals surface area contributed by atoms with Crippen molar-refractivity contribution in [3.05, 3.63) is 33.1 Å². The Bertz CT molecular complexity index is 774. The summed E-state index contributed by atoms with van der Waals surface area (Å²) < 4.78 is 6.42. The number of imide groups is 1. The smallest absolute Gasteiger partial charge is 0.294 e. The van der Waals surface area contributed by atoms with Crippen LogP contribution in [0.1, 0.15) is 25.3 Å². The average molecular weight is 439 g/mol. The Labute approximate surface area is 164 Å². The first-order valence-corrected chi connectivity index (χ1v) is 10.1. The minimum absolute atomic E-state index is 0.177. The highest BCUT2D eigenvalue weighted by Crippen LogP contribution is 2.35. The van der Waals surface area contributed by atoms with Crippen LogP contribution in [0.2, 0.25) is 0 Å². The van der Waals surface area contributed by atoms with Gasteiger partial charge in [-0.2, -0.15) is 0 Å². The number of ether oxygens (including phenoxy) is 1. The van der Waals surface area contributed by atoms with E-state index in [1.54, 1.807) is 17.0 Å². The topological polar surface area (TPSA) is 66.9 Å². The van der Waals surface area contributed by atoms with E-state index < -0.39 is 11.1 Å². The molecule has 0 unspecified atom stereocenters. The molecule has 0 aromatic heterocycles. The molecular formula is C18H19BrN2O4S. The van der Waals surface area contributed by atoms with E-state index in [2.05, 4.69) is 15.9 Å². The number of rotatable bonds is 5. The minimum atomic E-state index is -0.435. The molecule has 2 saturated heterocycles. The van der Waals surface area contributed by atoms with E-state index in [1.165, 1.54) is 0 Å². The number of benzene rings is 1. The zero-order chi connectivity index (χ0) is 18.7. The first kappa shape index (κ1) is 19.0. The summed E-state index contributed by atoms with van der Waals surface area (Å²) in [4.78, 5) is 40.1. The second-order valence-electron chi connectivity index (χ2n) is 5.97. The van der Waals surface area contributed by atoms with Crippen LogP contribution in [0.3, 0.4) is 0 Å². The van der Waals surface area contributed by atoms with E-state index in [4.69, 9.17) is 4.74 Å². The lowest BCUT2D eigenvalue weighted by atomic mass is 10.2. The summed E-state index contributed by atoms with van der Waals surface area (Å²) in [7, 11) is 0. The molecule has 2 aliphatic heterocycles. The number of hydrogen-bond donors (Lipinski definition) is 0. The van der Waals surface area contributed by atoms with Crippen molar-refractivity contribution in [2.45, 2.75) is 19.8 Å². The Balaban J connectivity index is 1.79. The highest BCUT2D eigenvalue weighted by Gasteiger charge is 2.37. The normalized spacial score (nSPS) is 18.9. The predicted molar refractivity (Wildman–Crippen MR) is 104 cm³/mol. The summed E-state index contributed by atoms with van der Waals surface area (Å²) in [5.41, 5.74) is 0.706. The van der Waals surface area contributed by atoms with Gasteiger partial charge in [0.2, 0.25) is 5.91 Å². The molecule has 26 heavy (non-hydrogen) atoms. The van der Waals surface area contributed by atoms with Crippen molar-refractivity contribution in [2.24, 2.45) is 0 Å². The lowest BCUT2D eigenvalue weighted by Gasteiger charge is -2.18. The molecule has 0 spiro atoms. The first-order valence-electron chi connectivity index (χ1n) is 8.45. The molecule has 6 nitrogen and oxygen atoms in total. The van der Waals surface area contributed by atoms with Gasteiger partial charge < -0.3 is 9.64 Å². The maximum Gasteiger partial charge on any atom is 0.294 e. The van der Waals surface area contributed by atoms with Gasteiger partial charge >= 0.3 is 0 Å². The Morgan fingerprint density at radius 3 is 2.73 bits per heavy atom. The number of likely N-dealkylation sites (tertiary alicyclic amines) is 1. The van der Waals surface area contributed by atoms with Gasteiger partial charge in [-0.05, 0) is 55.8 Å². The van der Waals surface area contributed by atoms with E-state index in [9.17, 15) is 14.4 Å². The number of thioether (sulfide) groups is 1. The molecule has 8 heteroatoms. The number of hydrogen-bond acceptors (Lipinski definition) is 5. The van der Waals surface area contributed by atoms with Crippen LogP contribution in [-0.4, -0.2) is 53.1 Å². The summed E-state index contributed by atoms with van der Waals surface area (Å²) in [5, 5.41) is -0.415. The van der Waals surface area contributed by atoms with Crippen LogP contribution in [-0.2, 0) is 9.59 Å². The van der Waals surface area contributed by atoms with Crippen LogP contribution < -0.4 is 4.74 Å². The number of nitrogens with zero attached hydrogens (tertiary/aromatic N) is 2. The van der Waals surface area contributed by atoms with Crippen molar-refractivity contribution in [1.82, 2.24) is 9.80 Å². The highest BCUT2D eigenvalue weighted by molar-refractivity contribution is 9.10. The second-order valence-corrected chi connectivity index (χ2v) is 7.88. The quantitative estimate of drug-likeness (QED) is 0.657. The maximum atomic E-state index is 12.6. The molecule has 138 valence electrons. The molecule has 1 aromatic carbocycles. The van der Waals surface area contributed by atoms with Gasteiger partial charge in [-0.25, -0.2) is 0 Å². The number of halogens is 1. The van der Waals surface area contributed by atoms with Gasteiger partial charge in [0.25, 0.3) is 11.1 Å². The lowest BCUT2D eigenvalue weighted by Crippen LogP contribution is -2.40. The fraction of sp³-hybridized carbons (Fsp3) is 0.389. The molecule has 2 aliphatic rings. The molecule has 2 heterocycles. The number of amides is 3. The van der Waals surface area contributed by atoms with Crippen LogP contribution in [0.15, 0.2) is 27.6 Å². The fourth-order valence-corrected chi connectivity index (χ4v) is 4.11. The lowest BCUT2D eigenvalue weighted by molar-refractivity contribution is -0.135. The molecule has 3 rings (SSSR count). The Kier molecular flexibility index (Phi) is 6.03. The molecule has 0 N–H and O–H groups in total. The molecule has 0 atom stereocenters. The van der Waals surface area contributed by atoms with Gasteiger partial charge in [0.15, 0.2) is 0 Å². The Morgan fingerprint density at radius 1 is 1.31 bits per heavy atom. The second kappa shape index (κ2) is 8.26. The van der Waals surface area contributed by atoms with E-state index in [1.807, 2.05) is 19.1 Å². The third-order valence-electron chi connectivity index (χ3n) is 4.18. The van der Waals surface area contributed by atoms with Crippen LogP contribution in [0, 0.1) is 0 Å². The van der Waals surface area contributed by atoms with Gasteiger partial charge in [-0.1, -0.05) is 15.9 Å². The molecule has 3 amide bonds. The van der Waals surface area contributed by atoms with E-state index in [0.717, 1.165) is 34.0 Å². The van der Waals surface area contributed by atoms with Gasteiger partial charge in [0.05, 0.1) is 11.5 Å². The molecule has 2 fully saturated rings. The van der Waals surface area contributed by atoms with Gasteiger partial charge in [-0.15, -0.1) is 0 Å². The third kappa shape index (κ3) is 4.12. The van der Waals surface area contributed by atoms with Crippen molar-refractivity contribution in [2.75, 3.05) is 26.2 Å². The third-order valence-corrected chi connectivity index (χ3v) is 5.58. The molecule has 0 saturated carbocycles. The van der Waals surface area contributed by atoms with Crippen molar-refractivity contribution in [3.63, 3.8) is 0 Å². The van der Waals surface area contributed by atoms with Crippen LogP contribution in [0.25, 0.3) is 6.08 Å². The molecule has 0 radical (unpaired) electrons. The Hall–Kier alpha value is -1.80. The minimum Gasteiger partial charge on any atom is -0.493 e. The van der Waals surface area contributed by atoms with Crippen molar-refractivity contribution in [3.8, 4) is 5.75 Å². The molecule has 0 aliphatic carbocycles. The van der Waals surface area contributed by atoms with Gasteiger partial charge in [0, 0.05) is 23.1 Å². The van der Waals surface area contributed by atoms with E-state index >= 15 is 0 Å². The SMILES string of the molecule is CCOc1ccc(Br)cc1/C=C1/SC(=O)N(CC(=O)N2CCCC2)C1=O. The molecular weight excluding hydrogens is 420 g/mol. The van der Waals surface area contributed by atoms with Crippen molar-refractivity contribution >= 4 is 50.8 Å². The Morgan fingerprint density at radius 2 is 2.04 bits per heavy atom. The van der Waals surface area contributed by atoms with Crippen LogP contribution in [0.5, 0.6) is 5.75 Å². The first-order chi connectivity index (χ1) is 12.5. The standard InChI is InChI=1S/C18H19BrN2O4S/c1-2-25-14-6-5-13(19)9-12(14)10-15-17(23)21(18(24)26-15)11-16(22)20-7-3-4-8-20/h5-6,9-10H,2-4,7-8,11H2,1H3/b15-10+. The van der Waals surface area contributed by atoms with Crippen LogP contribution in [0.4, 0.5) is 4.79 Å². The summed E-state index contributed by atoms with van der Waals surface area (Å²) in [6, 6.07) is 5.48. The highest BCUT2D eigenvalue weighted by atomic mass is 79.9. The fourth-order valence-electron chi connectivity index (χ4n) is 2.90. The summed E-state index contributed by atoms with van der Waals surface area (Å²) in [5.74, 6) is 0.0223.